The van der Waals surface area contributed by atoms with E-state index in [0.717, 1.165) is 18.2 Å². The number of carbonyl (C=O) groups excluding carboxylic acids is 2. The molecule has 7 nitrogen and oxygen atoms in total. The van der Waals surface area contributed by atoms with Crippen LogP contribution in [0.25, 0.3) is 0 Å². The average Bonchev–Trinajstić information content (AvgIpc) is 2.70. The number of rotatable bonds is 8. The molecule has 2 aromatic carbocycles. The summed E-state index contributed by atoms with van der Waals surface area (Å²) in [5.74, 6) is -1.45. The fourth-order valence-electron chi connectivity index (χ4n) is 2.39. The van der Waals surface area contributed by atoms with Gasteiger partial charge in [-0.3, -0.25) is 9.59 Å². The van der Waals surface area contributed by atoms with E-state index in [0.29, 0.717) is 5.56 Å². The minimum Gasteiger partial charge on any atom is -0.456 e. The Bertz CT molecular complexity index is 1010. The number of hydrogen-bond acceptors (Lipinski definition) is 5. The van der Waals surface area contributed by atoms with Gasteiger partial charge in [-0.1, -0.05) is 18.2 Å². The van der Waals surface area contributed by atoms with Crippen LogP contribution in [0.2, 0.25) is 0 Å². The summed E-state index contributed by atoms with van der Waals surface area (Å²) in [7, 11) is -2.26. The second-order valence-corrected chi connectivity index (χ2v) is 8.03. The lowest BCUT2D eigenvalue weighted by molar-refractivity contribution is -0.147. The molecule has 0 aliphatic heterocycles. The van der Waals surface area contributed by atoms with Gasteiger partial charge in [-0.15, -0.1) is 0 Å². The number of aryl methyl sites for hydroxylation is 1. The highest BCUT2D eigenvalue weighted by Gasteiger charge is 2.30. The zero-order chi connectivity index (χ0) is 22.4. The van der Waals surface area contributed by atoms with Gasteiger partial charge >= 0.3 is 12.1 Å². The van der Waals surface area contributed by atoms with Crippen molar-refractivity contribution in [1.82, 2.24) is 4.72 Å². The molecule has 0 aliphatic carbocycles. The molecule has 0 unspecified atom stereocenters. The summed E-state index contributed by atoms with van der Waals surface area (Å²) in [6.45, 7) is -0.644. The number of halogens is 3. The zero-order valence-electron chi connectivity index (χ0n) is 15.8. The van der Waals surface area contributed by atoms with E-state index in [4.69, 9.17) is 4.74 Å². The van der Waals surface area contributed by atoms with Crippen molar-refractivity contribution in [3.05, 3.63) is 59.7 Å². The normalized spacial score (nSPS) is 11.7. The van der Waals surface area contributed by atoms with Gasteiger partial charge in [-0.25, -0.2) is 13.1 Å². The SMILES string of the molecule is CNS(=O)(=O)c1ccc(CCC(=O)OCC(=O)Nc2cccc(C(F)(F)F)c2)cc1. The summed E-state index contributed by atoms with van der Waals surface area (Å²) in [4.78, 5) is 23.6. The average molecular weight is 444 g/mol. The lowest BCUT2D eigenvalue weighted by Gasteiger charge is -2.10. The van der Waals surface area contributed by atoms with Crippen molar-refractivity contribution >= 4 is 27.6 Å². The molecule has 162 valence electrons. The van der Waals surface area contributed by atoms with Crippen molar-refractivity contribution in [3.63, 3.8) is 0 Å². The predicted octanol–water partition coefficient (Wildman–Crippen LogP) is 2.73. The topological polar surface area (TPSA) is 102 Å². The van der Waals surface area contributed by atoms with Gasteiger partial charge in [0, 0.05) is 12.1 Å². The molecule has 0 heterocycles. The van der Waals surface area contributed by atoms with Crippen LogP contribution in [0.1, 0.15) is 17.5 Å². The maximum absolute atomic E-state index is 12.7. The first-order valence-corrected chi connectivity index (χ1v) is 10.1. The Labute approximate surface area is 171 Å². The van der Waals surface area contributed by atoms with Crippen LogP contribution >= 0.6 is 0 Å². The number of carbonyl (C=O) groups is 2. The number of benzene rings is 2. The van der Waals surface area contributed by atoms with Crippen LogP contribution in [0.3, 0.4) is 0 Å². The molecule has 30 heavy (non-hydrogen) atoms. The Kier molecular flexibility index (Phi) is 7.57. The van der Waals surface area contributed by atoms with Crippen LogP contribution in [0.5, 0.6) is 0 Å². The third-order valence-electron chi connectivity index (χ3n) is 3.96. The lowest BCUT2D eigenvalue weighted by Crippen LogP contribution is -2.21. The number of sulfonamides is 1. The summed E-state index contributed by atoms with van der Waals surface area (Å²) in [5.41, 5.74) is -0.288. The van der Waals surface area contributed by atoms with E-state index >= 15 is 0 Å². The number of amides is 1. The monoisotopic (exact) mass is 444 g/mol. The van der Waals surface area contributed by atoms with Crippen molar-refractivity contribution in [1.29, 1.82) is 0 Å². The molecule has 0 radical (unpaired) electrons. The fraction of sp³-hybridized carbons (Fsp3) is 0.263. The van der Waals surface area contributed by atoms with Crippen LogP contribution in [0.15, 0.2) is 53.4 Å². The largest absolute Gasteiger partial charge is 0.456 e. The van der Waals surface area contributed by atoms with Gasteiger partial charge in [-0.05, 0) is 49.4 Å². The predicted molar refractivity (Wildman–Crippen MR) is 102 cm³/mol. The minimum atomic E-state index is -4.54. The second-order valence-electron chi connectivity index (χ2n) is 6.14. The van der Waals surface area contributed by atoms with E-state index in [1.807, 2.05) is 0 Å². The van der Waals surface area contributed by atoms with E-state index in [2.05, 4.69) is 10.0 Å². The van der Waals surface area contributed by atoms with E-state index < -0.39 is 40.2 Å². The second kappa shape index (κ2) is 9.72. The Morgan fingerprint density at radius 3 is 2.33 bits per heavy atom. The van der Waals surface area contributed by atoms with Crippen LogP contribution in [-0.2, 0) is 36.9 Å². The van der Waals surface area contributed by atoms with Crippen LogP contribution in [0.4, 0.5) is 18.9 Å². The van der Waals surface area contributed by atoms with E-state index in [-0.39, 0.29) is 23.4 Å². The molecule has 2 N–H and O–H groups in total. The maximum atomic E-state index is 12.7. The Balaban J connectivity index is 1.80. The minimum absolute atomic E-state index is 0.0606. The number of nitrogens with one attached hydrogen (secondary N) is 2. The smallest absolute Gasteiger partial charge is 0.416 e. The Morgan fingerprint density at radius 1 is 1.07 bits per heavy atom. The molecular weight excluding hydrogens is 425 g/mol. The number of alkyl halides is 3. The zero-order valence-corrected chi connectivity index (χ0v) is 16.6. The van der Waals surface area contributed by atoms with Crippen molar-refractivity contribution in [2.24, 2.45) is 0 Å². The summed E-state index contributed by atoms with van der Waals surface area (Å²) in [6, 6.07) is 9.98. The van der Waals surface area contributed by atoms with E-state index in [9.17, 15) is 31.2 Å². The summed E-state index contributed by atoms with van der Waals surface area (Å²) >= 11 is 0. The molecule has 1 amide bonds. The van der Waals surface area contributed by atoms with Gasteiger partial charge in [0.05, 0.1) is 10.5 Å². The molecule has 11 heteroatoms. The Hall–Kier alpha value is -2.92. The highest BCUT2D eigenvalue weighted by atomic mass is 32.2. The van der Waals surface area contributed by atoms with Gasteiger partial charge in [0.2, 0.25) is 10.0 Å². The molecule has 0 spiro atoms. The van der Waals surface area contributed by atoms with Crippen LogP contribution in [0, 0.1) is 0 Å². The third-order valence-corrected chi connectivity index (χ3v) is 5.39. The van der Waals surface area contributed by atoms with Gasteiger partial charge in [-0.2, -0.15) is 13.2 Å². The molecule has 2 aromatic rings. The first-order chi connectivity index (χ1) is 14.0. The van der Waals surface area contributed by atoms with Gasteiger partial charge in [0.1, 0.15) is 0 Å². The number of hydrogen-bond donors (Lipinski definition) is 2. The summed E-state index contributed by atoms with van der Waals surface area (Å²) < 4.78 is 68.3. The van der Waals surface area contributed by atoms with Gasteiger partial charge < -0.3 is 10.1 Å². The lowest BCUT2D eigenvalue weighted by atomic mass is 10.1. The molecular formula is C19H19F3N2O5S. The molecule has 0 aliphatic rings. The molecule has 0 saturated carbocycles. The summed E-state index contributed by atoms with van der Waals surface area (Å²) in [6.07, 6.45) is -4.34. The van der Waals surface area contributed by atoms with Gasteiger partial charge in [0.25, 0.3) is 5.91 Å². The van der Waals surface area contributed by atoms with E-state index in [1.165, 1.54) is 25.2 Å². The quantitative estimate of drug-likeness (QED) is 0.610. The van der Waals surface area contributed by atoms with E-state index in [1.54, 1.807) is 12.1 Å². The third kappa shape index (κ3) is 6.85. The first kappa shape index (κ1) is 23.4. The van der Waals surface area contributed by atoms with Crippen molar-refractivity contribution in [3.8, 4) is 0 Å². The number of ether oxygens (including phenoxy) is 1. The van der Waals surface area contributed by atoms with Crippen molar-refractivity contribution in [2.75, 3.05) is 19.0 Å². The standard InChI is InChI=1S/C19H19F3N2O5S/c1-23-30(27,28)16-8-5-13(6-9-16)7-10-18(26)29-12-17(25)24-15-4-2-3-14(11-15)19(20,21)22/h2-6,8-9,11,23H,7,10,12H2,1H3,(H,24,25). The van der Waals surface area contributed by atoms with Crippen LogP contribution < -0.4 is 10.0 Å². The molecule has 0 atom stereocenters. The summed E-state index contributed by atoms with van der Waals surface area (Å²) in [5, 5.41) is 2.23. The molecule has 0 aromatic heterocycles. The van der Waals surface area contributed by atoms with Gasteiger partial charge in [0.15, 0.2) is 6.61 Å². The van der Waals surface area contributed by atoms with Crippen molar-refractivity contribution < 1.29 is 35.9 Å². The molecule has 2 rings (SSSR count). The van der Waals surface area contributed by atoms with Crippen LogP contribution in [-0.4, -0.2) is 33.9 Å². The molecule has 0 saturated heterocycles. The number of anilines is 1. The first-order valence-electron chi connectivity index (χ1n) is 8.66. The highest BCUT2D eigenvalue weighted by molar-refractivity contribution is 7.89. The highest BCUT2D eigenvalue weighted by Crippen LogP contribution is 2.30. The molecule has 0 fully saturated rings. The maximum Gasteiger partial charge on any atom is 0.416 e. The number of esters is 1. The fourth-order valence-corrected chi connectivity index (χ4v) is 3.12. The Morgan fingerprint density at radius 2 is 1.73 bits per heavy atom. The van der Waals surface area contributed by atoms with Crippen molar-refractivity contribution in [2.45, 2.75) is 23.9 Å². The molecule has 0 bridgehead atoms.